The van der Waals surface area contributed by atoms with Crippen molar-refractivity contribution < 1.29 is 9.28 Å². The molecule has 0 aliphatic heterocycles. The van der Waals surface area contributed by atoms with Gasteiger partial charge >= 0.3 is 0 Å². The standard InChI is InChI=1S/C18H18NO/c1-4-19(2,3)14-15-10-12-17(13-11-15)18(20)16-8-6-5-7-9-16/h1,5-13H,14H2,2-3H3/q+1. The molecule has 2 aromatic rings. The van der Waals surface area contributed by atoms with Crippen molar-refractivity contribution in [3.63, 3.8) is 0 Å². The molecule has 0 spiro atoms. The first-order valence-electron chi connectivity index (χ1n) is 6.51. The van der Waals surface area contributed by atoms with Crippen LogP contribution in [0, 0.1) is 12.5 Å². The molecule has 0 unspecified atom stereocenters. The number of nitrogens with zero attached hydrogens (tertiary/aromatic N) is 1. The Morgan fingerprint density at radius 2 is 1.55 bits per heavy atom. The molecule has 0 saturated carbocycles. The first-order chi connectivity index (χ1) is 9.52. The van der Waals surface area contributed by atoms with E-state index in [0.29, 0.717) is 15.6 Å². The fourth-order valence-electron chi connectivity index (χ4n) is 2.02. The summed E-state index contributed by atoms with van der Waals surface area (Å²) in [6.45, 7) is 0.746. The molecule has 0 atom stereocenters. The topological polar surface area (TPSA) is 17.1 Å². The van der Waals surface area contributed by atoms with Gasteiger partial charge in [-0.25, -0.2) is 4.48 Å². The third kappa shape index (κ3) is 3.34. The third-order valence-electron chi connectivity index (χ3n) is 3.18. The van der Waals surface area contributed by atoms with Crippen molar-refractivity contribution in [1.29, 1.82) is 0 Å². The molecule has 0 heterocycles. The van der Waals surface area contributed by atoms with Gasteiger partial charge in [0.2, 0.25) is 0 Å². The summed E-state index contributed by atoms with van der Waals surface area (Å²) < 4.78 is 0.478. The molecule has 2 heteroatoms. The highest BCUT2D eigenvalue weighted by molar-refractivity contribution is 6.08. The molecule has 2 rings (SSSR count). The van der Waals surface area contributed by atoms with Gasteiger partial charge in [-0.2, -0.15) is 0 Å². The number of quaternary nitrogens is 1. The molecule has 100 valence electrons. The summed E-state index contributed by atoms with van der Waals surface area (Å²) in [5, 5.41) is 0. The van der Waals surface area contributed by atoms with Crippen LogP contribution in [-0.2, 0) is 6.54 Å². The lowest BCUT2D eigenvalue weighted by molar-refractivity contribution is -0.836. The number of carbonyl (C=O) groups excluding carboxylic acids is 1. The summed E-state index contributed by atoms with van der Waals surface area (Å²) in [7, 11) is 3.95. The molecule has 0 bridgehead atoms. The third-order valence-corrected chi connectivity index (χ3v) is 3.18. The zero-order chi connectivity index (χ0) is 14.6. The summed E-state index contributed by atoms with van der Waals surface area (Å²) in [5.74, 6) is 0.0443. The zero-order valence-corrected chi connectivity index (χ0v) is 11.8. The lowest BCUT2D eigenvalue weighted by Crippen LogP contribution is -2.32. The van der Waals surface area contributed by atoms with E-state index in [-0.39, 0.29) is 5.78 Å². The maximum atomic E-state index is 12.3. The highest BCUT2D eigenvalue weighted by Gasteiger charge is 2.13. The number of hydrogen-bond acceptors (Lipinski definition) is 1. The van der Waals surface area contributed by atoms with Gasteiger partial charge < -0.3 is 0 Å². The Bertz CT molecular complexity index is 633. The Kier molecular flexibility index (Phi) is 4.02. The van der Waals surface area contributed by atoms with E-state index >= 15 is 0 Å². The van der Waals surface area contributed by atoms with Gasteiger partial charge in [0.05, 0.1) is 14.1 Å². The molecule has 0 amide bonds. The molecule has 20 heavy (non-hydrogen) atoms. The average molecular weight is 264 g/mol. The van der Waals surface area contributed by atoms with Crippen LogP contribution in [0.3, 0.4) is 0 Å². The second kappa shape index (κ2) is 5.73. The summed E-state index contributed by atoms with van der Waals surface area (Å²) in [4.78, 5) is 12.3. The Hall–Kier alpha value is -2.37. The number of rotatable bonds is 4. The summed E-state index contributed by atoms with van der Waals surface area (Å²) in [6.07, 6.45) is 5.48. The zero-order valence-electron chi connectivity index (χ0n) is 11.8. The number of carbonyl (C=O) groups is 1. The number of terminal acetylenes is 1. The van der Waals surface area contributed by atoms with Crippen LogP contribution in [0.15, 0.2) is 54.6 Å². The fraction of sp³-hybridized carbons (Fsp3) is 0.167. The van der Waals surface area contributed by atoms with Crippen LogP contribution in [0.1, 0.15) is 21.5 Å². The first-order valence-corrected chi connectivity index (χ1v) is 6.51. The first kappa shape index (κ1) is 14.0. The smallest absolute Gasteiger partial charge is 0.193 e. The molecular formula is C18H18NO+. The van der Waals surface area contributed by atoms with Crippen molar-refractivity contribution in [2.24, 2.45) is 0 Å². The van der Waals surface area contributed by atoms with E-state index in [1.54, 1.807) is 0 Å². The summed E-state index contributed by atoms with van der Waals surface area (Å²) >= 11 is 0. The van der Waals surface area contributed by atoms with Gasteiger partial charge in [0.15, 0.2) is 5.78 Å². The van der Waals surface area contributed by atoms with E-state index in [2.05, 4.69) is 6.04 Å². The second-order valence-electron chi connectivity index (χ2n) is 5.36. The molecule has 0 fully saturated rings. The minimum absolute atomic E-state index is 0.0443. The Morgan fingerprint density at radius 1 is 1.00 bits per heavy atom. The highest BCUT2D eigenvalue weighted by Crippen LogP contribution is 2.13. The monoisotopic (exact) mass is 264 g/mol. The van der Waals surface area contributed by atoms with Crippen LogP contribution < -0.4 is 0 Å². The van der Waals surface area contributed by atoms with Crippen LogP contribution in [0.2, 0.25) is 0 Å². The van der Waals surface area contributed by atoms with E-state index in [0.717, 1.165) is 12.1 Å². The van der Waals surface area contributed by atoms with Crippen molar-refractivity contribution in [1.82, 2.24) is 0 Å². The number of benzene rings is 2. The van der Waals surface area contributed by atoms with E-state index in [9.17, 15) is 4.79 Å². The van der Waals surface area contributed by atoms with Gasteiger partial charge in [-0.3, -0.25) is 4.79 Å². The summed E-state index contributed by atoms with van der Waals surface area (Å²) in [6, 6.07) is 19.7. The molecule has 0 aliphatic rings. The maximum absolute atomic E-state index is 12.3. The van der Waals surface area contributed by atoms with Crippen LogP contribution in [0.4, 0.5) is 0 Å². The minimum Gasteiger partial charge on any atom is -0.289 e. The fourth-order valence-corrected chi connectivity index (χ4v) is 2.02. The lowest BCUT2D eigenvalue weighted by atomic mass is 10.0. The Balaban J connectivity index is 2.17. The van der Waals surface area contributed by atoms with Crippen LogP contribution in [-0.4, -0.2) is 24.4 Å². The van der Waals surface area contributed by atoms with Gasteiger partial charge in [-0.15, -0.1) is 0 Å². The molecule has 0 aromatic heterocycles. The van der Waals surface area contributed by atoms with Crippen molar-refractivity contribution in [3.05, 3.63) is 71.3 Å². The van der Waals surface area contributed by atoms with Gasteiger partial charge in [0.1, 0.15) is 12.6 Å². The lowest BCUT2D eigenvalue weighted by Gasteiger charge is -2.20. The van der Waals surface area contributed by atoms with Crippen LogP contribution >= 0.6 is 0 Å². The minimum atomic E-state index is 0.0443. The molecule has 0 saturated heterocycles. The Labute approximate surface area is 120 Å². The number of hydrogen-bond donors (Lipinski definition) is 0. The van der Waals surface area contributed by atoms with Crippen LogP contribution in [0.5, 0.6) is 0 Å². The quantitative estimate of drug-likeness (QED) is 0.471. The molecule has 0 N–H and O–H groups in total. The summed E-state index contributed by atoms with van der Waals surface area (Å²) in [5.41, 5.74) is 2.53. The number of ketones is 1. The maximum Gasteiger partial charge on any atom is 0.193 e. The Morgan fingerprint density at radius 3 is 2.10 bits per heavy atom. The van der Waals surface area contributed by atoms with Crippen molar-refractivity contribution in [3.8, 4) is 12.5 Å². The van der Waals surface area contributed by atoms with Gasteiger partial charge in [0.25, 0.3) is 0 Å². The van der Waals surface area contributed by atoms with Gasteiger partial charge in [-0.05, 0) is 0 Å². The average Bonchev–Trinajstić information content (AvgIpc) is 2.48. The SMILES string of the molecule is C#C[N+](C)(C)Cc1ccc(C(=O)c2ccccc2)cc1. The van der Waals surface area contributed by atoms with Gasteiger partial charge in [-0.1, -0.05) is 61.0 Å². The van der Waals surface area contributed by atoms with Crippen molar-refractivity contribution in [2.45, 2.75) is 6.54 Å². The predicted molar refractivity (Wildman–Crippen MR) is 81.0 cm³/mol. The van der Waals surface area contributed by atoms with E-state index in [4.69, 9.17) is 6.42 Å². The predicted octanol–water partition coefficient (Wildman–Crippen LogP) is 3.08. The van der Waals surface area contributed by atoms with Crippen LogP contribution in [0.25, 0.3) is 0 Å². The molecule has 2 nitrogen and oxygen atoms in total. The van der Waals surface area contributed by atoms with E-state index in [1.807, 2.05) is 68.7 Å². The normalized spacial score (nSPS) is 10.8. The van der Waals surface area contributed by atoms with Gasteiger partial charge in [0, 0.05) is 16.7 Å². The molecule has 2 aromatic carbocycles. The molecule has 0 aliphatic carbocycles. The van der Waals surface area contributed by atoms with E-state index < -0.39 is 0 Å². The van der Waals surface area contributed by atoms with Crippen molar-refractivity contribution >= 4 is 5.78 Å². The van der Waals surface area contributed by atoms with Crippen molar-refractivity contribution in [2.75, 3.05) is 14.1 Å². The molecular weight excluding hydrogens is 246 g/mol. The largest absolute Gasteiger partial charge is 0.289 e. The second-order valence-corrected chi connectivity index (χ2v) is 5.36. The molecule has 0 radical (unpaired) electrons. The highest BCUT2D eigenvalue weighted by atomic mass is 16.1. The van der Waals surface area contributed by atoms with E-state index in [1.165, 1.54) is 0 Å².